The second kappa shape index (κ2) is 5.71. The van der Waals surface area contributed by atoms with Crippen LogP contribution in [0.3, 0.4) is 0 Å². The molecule has 0 saturated heterocycles. The van der Waals surface area contributed by atoms with Crippen LogP contribution in [0.25, 0.3) is 5.78 Å². The van der Waals surface area contributed by atoms with Crippen molar-refractivity contribution in [2.24, 2.45) is 0 Å². The van der Waals surface area contributed by atoms with Gasteiger partial charge in [-0.05, 0) is 26.0 Å². The first-order valence-corrected chi connectivity index (χ1v) is 6.86. The van der Waals surface area contributed by atoms with Crippen LogP contribution in [0.15, 0.2) is 24.5 Å². The lowest BCUT2D eigenvalue weighted by molar-refractivity contribution is -0.115. The summed E-state index contributed by atoms with van der Waals surface area (Å²) in [6.45, 7) is 3.57. The molecular weight excluding hydrogens is 304 g/mol. The number of aryl methyl sites for hydroxylation is 2. The highest BCUT2D eigenvalue weighted by atomic mass is 19.1. The number of amides is 1. The van der Waals surface area contributed by atoms with Gasteiger partial charge in [0.25, 0.3) is 5.78 Å². The number of benzene rings is 1. The molecule has 23 heavy (non-hydrogen) atoms. The standard InChI is InChI=1S/C15H13F2N5O/c1-8-11(9(2)22-15(20-8)18-7-19-22)6-14(23)21-13-4-3-10(16)5-12(13)17/h3-5,7H,6H2,1-2H3,(H,21,23). The Morgan fingerprint density at radius 2 is 2.09 bits per heavy atom. The lowest BCUT2D eigenvalue weighted by Crippen LogP contribution is -2.18. The number of carbonyl (C=O) groups excluding carboxylic acids is 1. The van der Waals surface area contributed by atoms with E-state index in [2.05, 4.69) is 20.4 Å². The summed E-state index contributed by atoms with van der Waals surface area (Å²) in [6.07, 6.45) is 1.38. The van der Waals surface area contributed by atoms with Crippen molar-refractivity contribution >= 4 is 17.4 Å². The Hall–Kier alpha value is -2.90. The third-order valence-electron chi connectivity index (χ3n) is 3.53. The molecule has 118 valence electrons. The number of hydrogen-bond acceptors (Lipinski definition) is 4. The van der Waals surface area contributed by atoms with Crippen molar-refractivity contribution < 1.29 is 13.6 Å². The zero-order valence-electron chi connectivity index (χ0n) is 12.5. The Kier molecular flexibility index (Phi) is 3.73. The minimum atomic E-state index is -0.823. The number of halogens is 2. The van der Waals surface area contributed by atoms with E-state index in [4.69, 9.17) is 0 Å². The van der Waals surface area contributed by atoms with E-state index < -0.39 is 17.5 Å². The molecule has 1 aromatic carbocycles. The zero-order valence-corrected chi connectivity index (χ0v) is 12.5. The Morgan fingerprint density at radius 3 is 2.83 bits per heavy atom. The minimum absolute atomic E-state index is 0.00270. The van der Waals surface area contributed by atoms with Crippen LogP contribution >= 0.6 is 0 Å². The van der Waals surface area contributed by atoms with E-state index in [1.165, 1.54) is 16.9 Å². The second-order valence-corrected chi connectivity index (χ2v) is 5.08. The quantitative estimate of drug-likeness (QED) is 0.804. The molecule has 1 amide bonds. The molecule has 0 bridgehead atoms. The normalized spacial score (nSPS) is 11.0. The molecule has 6 nitrogen and oxygen atoms in total. The summed E-state index contributed by atoms with van der Waals surface area (Å²) in [5.41, 5.74) is 2.00. The molecule has 0 atom stereocenters. The molecule has 0 aliphatic carbocycles. The number of rotatable bonds is 3. The summed E-state index contributed by atoms with van der Waals surface area (Å²) in [6, 6.07) is 2.98. The zero-order chi connectivity index (χ0) is 16.6. The van der Waals surface area contributed by atoms with E-state index in [1.54, 1.807) is 13.8 Å². The largest absolute Gasteiger partial charge is 0.323 e. The maximum absolute atomic E-state index is 13.6. The van der Waals surface area contributed by atoms with Gasteiger partial charge in [0.1, 0.15) is 18.0 Å². The molecule has 0 aliphatic rings. The third kappa shape index (κ3) is 2.87. The van der Waals surface area contributed by atoms with Crippen LogP contribution < -0.4 is 5.32 Å². The second-order valence-electron chi connectivity index (χ2n) is 5.08. The van der Waals surface area contributed by atoms with Crippen molar-refractivity contribution in [3.8, 4) is 0 Å². The molecule has 0 unspecified atom stereocenters. The number of anilines is 1. The van der Waals surface area contributed by atoms with Gasteiger partial charge < -0.3 is 5.32 Å². The number of nitrogens with one attached hydrogen (secondary N) is 1. The molecule has 8 heteroatoms. The van der Waals surface area contributed by atoms with Crippen molar-refractivity contribution in [1.29, 1.82) is 0 Å². The molecule has 3 aromatic rings. The fourth-order valence-corrected chi connectivity index (χ4v) is 2.36. The lowest BCUT2D eigenvalue weighted by Gasteiger charge is -2.11. The Bertz CT molecular complexity index is 906. The van der Waals surface area contributed by atoms with Crippen LogP contribution in [0.2, 0.25) is 0 Å². The molecule has 1 N–H and O–H groups in total. The minimum Gasteiger partial charge on any atom is -0.323 e. The maximum atomic E-state index is 13.6. The predicted octanol–water partition coefficient (Wildman–Crippen LogP) is 2.20. The lowest BCUT2D eigenvalue weighted by atomic mass is 10.1. The Balaban J connectivity index is 1.85. The molecule has 0 saturated carbocycles. The van der Waals surface area contributed by atoms with Crippen molar-refractivity contribution in [2.45, 2.75) is 20.3 Å². The maximum Gasteiger partial charge on any atom is 0.252 e. The van der Waals surface area contributed by atoms with Gasteiger partial charge in [-0.15, -0.1) is 0 Å². The first kappa shape index (κ1) is 15.0. The monoisotopic (exact) mass is 317 g/mol. The van der Waals surface area contributed by atoms with Crippen LogP contribution in [-0.2, 0) is 11.2 Å². The van der Waals surface area contributed by atoms with Gasteiger partial charge in [-0.3, -0.25) is 4.79 Å². The first-order chi connectivity index (χ1) is 11.0. The predicted molar refractivity (Wildman–Crippen MR) is 78.9 cm³/mol. The SMILES string of the molecule is Cc1nc2ncnn2c(C)c1CC(=O)Nc1ccc(F)cc1F. The van der Waals surface area contributed by atoms with Gasteiger partial charge in [-0.1, -0.05) is 0 Å². The summed E-state index contributed by atoms with van der Waals surface area (Å²) >= 11 is 0. The molecule has 0 aliphatic heterocycles. The highest BCUT2D eigenvalue weighted by Gasteiger charge is 2.15. The van der Waals surface area contributed by atoms with Crippen LogP contribution in [0.5, 0.6) is 0 Å². The summed E-state index contributed by atoms with van der Waals surface area (Å²) in [5, 5.41) is 6.47. The van der Waals surface area contributed by atoms with Gasteiger partial charge in [0, 0.05) is 23.0 Å². The number of carbonyl (C=O) groups is 1. The first-order valence-electron chi connectivity index (χ1n) is 6.86. The number of hydrogen-bond donors (Lipinski definition) is 1. The summed E-state index contributed by atoms with van der Waals surface area (Å²) in [7, 11) is 0. The average molecular weight is 317 g/mol. The number of fused-ring (bicyclic) bond motifs is 1. The Labute approximate surface area is 130 Å². The molecule has 0 fully saturated rings. The average Bonchev–Trinajstić information content (AvgIpc) is 2.95. The van der Waals surface area contributed by atoms with E-state index in [0.717, 1.165) is 17.8 Å². The molecule has 0 radical (unpaired) electrons. The van der Waals surface area contributed by atoms with Gasteiger partial charge in [0.05, 0.1) is 12.1 Å². The van der Waals surface area contributed by atoms with Gasteiger partial charge in [0.2, 0.25) is 5.91 Å². The number of nitrogens with zero attached hydrogens (tertiary/aromatic N) is 4. The van der Waals surface area contributed by atoms with Crippen molar-refractivity contribution in [1.82, 2.24) is 19.6 Å². The highest BCUT2D eigenvalue weighted by molar-refractivity contribution is 5.92. The van der Waals surface area contributed by atoms with E-state index >= 15 is 0 Å². The van der Waals surface area contributed by atoms with Gasteiger partial charge >= 0.3 is 0 Å². The topological polar surface area (TPSA) is 72.2 Å². The van der Waals surface area contributed by atoms with E-state index in [0.29, 0.717) is 17.0 Å². The van der Waals surface area contributed by atoms with Crippen LogP contribution in [0, 0.1) is 25.5 Å². The fraction of sp³-hybridized carbons (Fsp3) is 0.200. The van der Waals surface area contributed by atoms with E-state index in [1.807, 2.05) is 0 Å². The van der Waals surface area contributed by atoms with Crippen molar-refractivity contribution in [2.75, 3.05) is 5.32 Å². The smallest absolute Gasteiger partial charge is 0.252 e. The number of aromatic nitrogens is 4. The van der Waals surface area contributed by atoms with Gasteiger partial charge in [-0.2, -0.15) is 10.1 Å². The summed E-state index contributed by atoms with van der Waals surface area (Å²) in [5.74, 6) is -1.50. The molecule has 2 heterocycles. The van der Waals surface area contributed by atoms with Gasteiger partial charge in [-0.25, -0.2) is 18.3 Å². The van der Waals surface area contributed by atoms with Crippen molar-refractivity contribution in [3.05, 3.63) is 53.1 Å². The highest BCUT2D eigenvalue weighted by Crippen LogP contribution is 2.17. The molecule has 3 rings (SSSR count). The third-order valence-corrected chi connectivity index (χ3v) is 3.53. The molecular formula is C15H13F2N5O. The van der Waals surface area contributed by atoms with E-state index in [9.17, 15) is 13.6 Å². The molecule has 2 aromatic heterocycles. The van der Waals surface area contributed by atoms with Gasteiger partial charge in [0.15, 0.2) is 0 Å². The van der Waals surface area contributed by atoms with Crippen LogP contribution in [0.1, 0.15) is 17.0 Å². The molecule has 0 spiro atoms. The van der Waals surface area contributed by atoms with E-state index in [-0.39, 0.29) is 12.1 Å². The van der Waals surface area contributed by atoms with Crippen LogP contribution in [0.4, 0.5) is 14.5 Å². The van der Waals surface area contributed by atoms with Crippen LogP contribution in [-0.4, -0.2) is 25.5 Å². The fourth-order valence-electron chi connectivity index (χ4n) is 2.36. The summed E-state index contributed by atoms with van der Waals surface area (Å²) < 4.78 is 28.0. The summed E-state index contributed by atoms with van der Waals surface area (Å²) in [4.78, 5) is 20.4. The Morgan fingerprint density at radius 1 is 1.30 bits per heavy atom. The van der Waals surface area contributed by atoms with Crippen molar-refractivity contribution in [3.63, 3.8) is 0 Å².